The van der Waals surface area contributed by atoms with Crippen LogP contribution in [-0.4, -0.2) is 12.9 Å². The monoisotopic (exact) mass is 246 g/mol. The summed E-state index contributed by atoms with van der Waals surface area (Å²) >= 11 is 1.65. The summed E-state index contributed by atoms with van der Waals surface area (Å²) in [5.74, 6) is 0.842. The lowest BCUT2D eigenvalue weighted by molar-refractivity contribution is 0.103. The van der Waals surface area contributed by atoms with Crippen molar-refractivity contribution in [2.45, 2.75) is 13.8 Å². The highest BCUT2D eigenvalue weighted by atomic mass is 32.1. The molecule has 0 aliphatic carbocycles. The number of ketones is 1. The van der Waals surface area contributed by atoms with Gasteiger partial charge in [0, 0.05) is 20.9 Å². The third-order valence-corrected chi connectivity index (χ3v) is 3.60. The summed E-state index contributed by atoms with van der Waals surface area (Å²) in [5.41, 5.74) is 1.50. The predicted molar refractivity (Wildman–Crippen MR) is 70.2 cm³/mol. The minimum Gasteiger partial charge on any atom is -0.497 e. The Labute approximate surface area is 105 Å². The van der Waals surface area contributed by atoms with Gasteiger partial charge in [0.25, 0.3) is 0 Å². The largest absolute Gasteiger partial charge is 0.497 e. The maximum atomic E-state index is 12.2. The molecule has 0 aliphatic heterocycles. The molecule has 88 valence electrons. The summed E-state index contributed by atoms with van der Waals surface area (Å²) in [5, 5.41) is 0. The summed E-state index contributed by atoms with van der Waals surface area (Å²) in [6.45, 7) is 4.00. The molecule has 17 heavy (non-hydrogen) atoms. The molecular formula is C14H14O2S. The van der Waals surface area contributed by atoms with Gasteiger partial charge in [-0.05, 0) is 44.2 Å². The van der Waals surface area contributed by atoms with Crippen LogP contribution in [0.2, 0.25) is 0 Å². The molecule has 0 saturated heterocycles. The molecule has 0 fully saturated rings. The number of hydrogen-bond donors (Lipinski definition) is 0. The molecule has 2 aromatic rings. The number of carbonyl (C=O) groups is 1. The molecule has 0 unspecified atom stereocenters. The van der Waals surface area contributed by atoms with Gasteiger partial charge in [0.15, 0.2) is 5.78 Å². The van der Waals surface area contributed by atoms with Crippen molar-refractivity contribution < 1.29 is 9.53 Å². The Morgan fingerprint density at radius 2 is 1.82 bits per heavy atom. The first-order valence-electron chi connectivity index (χ1n) is 5.37. The number of benzene rings is 1. The number of carbonyl (C=O) groups excluding carboxylic acids is 1. The van der Waals surface area contributed by atoms with Gasteiger partial charge < -0.3 is 4.74 Å². The van der Waals surface area contributed by atoms with Gasteiger partial charge in [-0.15, -0.1) is 11.3 Å². The second kappa shape index (κ2) is 4.72. The Morgan fingerprint density at radius 3 is 2.29 bits per heavy atom. The van der Waals surface area contributed by atoms with Crippen LogP contribution in [-0.2, 0) is 0 Å². The summed E-state index contributed by atoms with van der Waals surface area (Å²) in [7, 11) is 1.61. The zero-order valence-corrected chi connectivity index (χ0v) is 10.9. The van der Waals surface area contributed by atoms with E-state index in [0.717, 1.165) is 16.2 Å². The van der Waals surface area contributed by atoms with E-state index < -0.39 is 0 Å². The normalized spacial score (nSPS) is 10.3. The topological polar surface area (TPSA) is 26.3 Å². The van der Waals surface area contributed by atoms with Gasteiger partial charge in [-0.25, -0.2) is 0 Å². The summed E-state index contributed by atoms with van der Waals surface area (Å²) in [6.07, 6.45) is 0. The quantitative estimate of drug-likeness (QED) is 0.773. The van der Waals surface area contributed by atoms with Crippen LogP contribution >= 0.6 is 11.3 Å². The fraction of sp³-hybridized carbons (Fsp3) is 0.214. The Kier molecular flexibility index (Phi) is 3.29. The smallest absolute Gasteiger partial charge is 0.194 e. The van der Waals surface area contributed by atoms with Crippen LogP contribution in [0.1, 0.15) is 25.7 Å². The second-order valence-corrected chi connectivity index (χ2v) is 5.34. The van der Waals surface area contributed by atoms with E-state index in [-0.39, 0.29) is 5.78 Å². The highest BCUT2D eigenvalue weighted by Gasteiger charge is 2.13. The SMILES string of the molecule is COc1ccc(C(=O)c2cc(C)sc2C)cc1. The number of thiophene rings is 1. The molecule has 1 aromatic carbocycles. The molecule has 0 aliphatic rings. The van der Waals surface area contributed by atoms with Crippen molar-refractivity contribution in [1.29, 1.82) is 0 Å². The molecule has 2 nitrogen and oxygen atoms in total. The molecule has 3 heteroatoms. The predicted octanol–water partition coefficient (Wildman–Crippen LogP) is 3.60. The minimum atomic E-state index is 0.0782. The summed E-state index contributed by atoms with van der Waals surface area (Å²) in [4.78, 5) is 14.5. The van der Waals surface area contributed by atoms with E-state index in [1.54, 1.807) is 30.6 Å². The molecule has 0 N–H and O–H groups in total. The van der Waals surface area contributed by atoms with Crippen molar-refractivity contribution in [2.75, 3.05) is 7.11 Å². The van der Waals surface area contributed by atoms with Gasteiger partial charge in [0.2, 0.25) is 0 Å². The van der Waals surface area contributed by atoms with Crippen LogP contribution in [0.5, 0.6) is 5.75 Å². The van der Waals surface area contributed by atoms with Crippen molar-refractivity contribution in [3.63, 3.8) is 0 Å². The van der Waals surface area contributed by atoms with Gasteiger partial charge in [-0.2, -0.15) is 0 Å². The number of methoxy groups -OCH3 is 1. The number of aryl methyl sites for hydroxylation is 2. The van der Waals surface area contributed by atoms with Crippen LogP contribution in [0.4, 0.5) is 0 Å². The van der Waals surface area contributed by atoms with E-state index in [2.05, 4.69) is 0 Å². The average Bonchev–Trinajstić information content (AvgIpc) is 2.68. The van der Waals surface area contributed by atoms with Crippen molar-refractivity contribution in [3.05, 3.63) is 51.2 Å². The first kappa shape index (κ1) is 11.9. The summed E-state index contributed by atoms with van der Waals surface area (Å²) in [6, 6.07) is 9.16. The van der Waals surface area contributed by atoms with Crippen LogP contribution in [0.25, 0.3) is 0 Å². The molecule has 1 aromatic heterocycles. The lowest BCUT2D eigenvalue weighted by Gasteiger charge is -2.02. The molecule has 0 atom stereocenters. The number of hydrogen-bond acceptors (Lipinski definition) is 3. The third kappa shape index (κ3) is 2.39. The van der Waals surface area contributed by atoms with E-state index in [1.165, 1.54) is 4.88 Å². The molecular weight excluding hydrogens is 232 g/mol. The molecule has 0 spiro atoms. The molecule has 0 amide bonds. The summed E-state index contributed by atoms with van der Waals surface area (Å²) < 4.78 is 5.07. The van der Waals surface area contributed by atoms with Gasteiger partial charge in [-0.3, -0.25) is 4.79 Å². The number of ether oxygens (including phenoxy) is 1. The van der Waals surface area contributed by atoms with Crippen molar-refractivity contribution in [1.82, 2.24) is 0 Å². The Morgan fingerprint density at radius 1 is 1.18 bits per heavy atom. The molecule has 0 bridgehead atoms. The first-order valence-corrected chi connectivity index (χ1v) is 6.19. The van der Waals surface area contributed by atoms with Crippen molar-refractivity contribution in [2.24, 2.45) is 0 Å². The molecule has 0 saturated carbocycles. The fourth-order valence-electron chi connectivity index (χ4n) is 1.75. The maximum Gasteiger partial charge on any atom is 0.194 e. The first-order chi connectivity index (χ1) is 8.11. The second-order valence-electron chi connectivity index (χ2n) is 3.88. The highest BCUT2D eigenvalue weighted by molar-refractivity contribution is 7.12. The average molecular weight is 246 g/mol. The van der Waals surface area contributed by atoms with Gasteiger partial charge >= 0.3 is 0 Å². The van der Waals surface area contributed by atoms with E-state index in [1.807, 2.05) is 32.0 Å². The molecule has 0 radical (unpaired) electrons. The Balaban J connectivity index is 2.33. The van der Waals surface area contributed by atoms with Crippen LogP contribution in [0.15, 0.2) is 30.3 Å². The Bertz CT molecular complexity index is 538. The van der Waals surface area contributed by atoms with Crippen LogP contribution in [0.3, 0.4) is 0 Å². The standard InChI is InChI=1S/C14H14O2S/c1-9-8-13(10(2)17-9)14(15)11-4-6-12(16-3)7-5-11/h4-8H,1-3H3. The lowest BCUT2D eigenvalue weighted by Crippen LogP contribution is -2.01. The fourth-order valence-corrected chi connectivity index (χ4v) is 2.68. The van der Waals surface area contributed by atoms with Crippen molar-refractivity contribution >= 4 is 17.1 Å². The van der Waals surface area contributed by atoms with Gasteiger partial charge in [0.05, 0.1) is 7.11 Å². The maximum absolute atomic E-state index is 12.2. The molecule has 2 rings (SSSR count). The third-order valence-electron chi connectivity index (χ3n) is 2.64. The zero-order valence-electron chi connectivity index (χ0n) is 10.1. The number of rotatable bonds is 3. The van der Waals surface area contributed by atoms with Crippen molar-refractivity contribution in [3.8, 4) is 5.75 Å². The van der Waals surface area contributed by atoms with Gasteiger partial charge in [0.1, 0.15) is 5.75 Å². The minimum absolute atomic E-state index is 0.0782. The van der Waals surface area contributed by atoms with Crippen LogP contribution < -0.4 is 4.74 Å². The van der Waals surface area contributed by atoms with E-state index >= 15 is 0 Å². The van der Waals surface area contributed by atoms with Crippen LogP contribution in [0, 0.1) is 13.8 Å². The van der Waals surface area contributed by atoms with Gasteiger partial charge in [-0.1, -0.05) is 0 Å². The zero-order chi connectivity index (χ0) is 12.4. The van der Waals surface area contributed by atoms with E-state index in [4.69, 9.17) is 4.74 Å². The lowest BCUT2D eigenvalue weighted by atomic mass is 10.0. The molecule has 1 heterocycles. The Hall–Kier alpha value is -1.61. The highest BCUT2D eigenvalue weighted by Crippen LogP contribution is 2.24. The van der Waals surface area contributed by atoms with E-state index in [9.17, 15) is 4.79 Å². The van der Waals surface area contributed by atoms with E-state index in [0.29, 0.717) is 5.56 Å².